The molecular weight excluding hydrogens is 208 g/mol. The summed E-state index contributed by atoms with van der Waals surface area (Å²) in [7, 11) is 0. The maximum atomic E-state index is 3.62. The number of para-hydroxylation sites is 1. The fourth-order valence-corrected chi connectivity index (χ4v) is 2.82. The Kier molecular flexibility index (Phi) is 3.06. The summed E-state index contributed by atoms with van der Waals surface area (Å²) < 4.78 is 0. The van der Waals surface area contributed by atoms with Crippen molar-refractivity contribution in [3.63, 3.8) is 0 Å². The molecule has 0 aromatic heterocycles. The topological polar surface area (TPSA) is 24.1 Å². The molecule has 17 heavy (non-hydrogen) atoms. The largest absolute Gasteiger partial charge is 0.380 e. The van der Waals surface area contributed by atoms with Crippen LogP contribution in [-0.2, 0) is 6.42 Å². The van der Waals surface area contributed by atoms with E-state index in [2.05, 4.69) is 41.8 Å². The average molecular weight is 230 g/mol. The minimum Gasteiger partial charge on any atom is -0.380 e. The van der Waals surface area contributed by atoms with E-state index in [1.807, 2.05) is 0 Å². The molecule has 0 saturated heterocycles. The number of rotatable bonds is 5. The van der Waals surface area contributed by atoms with Crippen LogP contribution in [-0.4, -0.2) is 19.1 Å². The van der Waals surface area contributed by atoms with Gasteiger partial charge < -0.3 is 10.6 Å². The van der Waals surface area contributed by atoms with Crippen LogP contribution in [0.5, 0.6) is 0 Å². The summed E-state index contributed by atoms with van der Waals surface area (Å²) in [6.45, 7) is 4.65. The fraction of sp³-hybridized carbons (Fsp3) is 0.600. The van der Waals surface area contributed by atoms with Crippen molar-refractivity contribution in [1.29, 1.82) is 0 Å². The summed E-state index contributed by atoms with van der Waals surface area (Å²) in [6, 6.07) is 9.23. The van der Waals surface area contributed by atoms with Crippen molar-refractivity contribution in [2.75, 3.05) is 18.4 Å². The van der Waals surface area contributed by atoms with E-state index in [1.54, 1.807) is 0 Å². The first kappa shape index (κ1) is 11.1. The number of benzene rings is 1. The molecule has 1 aliphatic heterocycles. The van der Waals surface area contributed by atoms with Crippen LogP contribution >= 0.6 is 0 Å². The Balaban J connectivity index is 1.43. The van der Waals surface area contributed by atoms with Gasteiger partial charge in [0.2, 0.25) is 0 Å². The minimum atomic E-state index is 0.582. The Hall–Kier alpha value is -1.02. The van der Waals surface area contributed by atoms with Gasteiger partial charge >= 0.3 is 0 Å². The molecule has 1 aromatic carbocycles. The van der Waals surface area contributed by atoms with Crippen LogP contribution in [0.15, 0.2) is 24.3 Å². The first-order valence-electron chi connectivity index (χ1n) is 6.88. The molecule has 1 aliphatic carbocycles. The van der Waals surface area contributed by atoms with Crippen molar-refractivity contribution in [2.24, 2.45) is 11.8 Å². The third-order valence-electron chi connectivity index (χ3n) is 4.13. The van der Waals surface area contributed by atoms with Crippen LogP contribution < -0.4 is 10.6 Å². The Bertz CT molecular complexity index is 359. The third kappa shape index (κ3) is 2.63. The molecule has 0 amide bonds. The molecule has 0 spiro atoms. The second kappa shape index (κ2) is 4.69. The number of nitrogens with one attached hydrogen (secondary N) is 2. The highest BCUT2D eigenvalue weighted by Crippen LogP contribution is 2.36. The van der Waals surface area contributed by atoms with Gasteiger partial charge in [-0.15, -0.1) is 0 Å². The van der Waals surface area contributed by atoms with Crippen LogP contribution in [0.2, 0.25) is 0 Å². The first-order valence-corrected chi connectivity index (χ1v) is 6.88. The molecule has 2 N–H and O–H groups in total. The highest BCUT2D eigenvalue weighted by Gasteiger charge is 2.27. The normalized spacial score (nSPS) is 24.2. The Morgan fingerprint density at radius 2 is 2.18 bits per heavy atom. The van der Waals surface area contributed by atoms with Gasteiger partial charge in [0.15, 0.2) is 0 Å². The van der Waals surface area contributed by atoms with Gasteiger partial charge in [-0.25, -0.2) is 0 Å². The van der Waals surface area contributed by atoms with Crippen LogP contribution in [0.3, 0.4) is 0 Å². The van der Waals surface area contributed by atoms with Crippen LogP contribution in [0, 0.1) is 11.8 Å². The molecule has 2 heteroatoms. The van der Waals surface area contributed by atoms with Gasteiger partial charge in [-0.1, -0.05) is 25.1 Å². The predicted molar refractivity (Wildman–Crippen MR) is 72.3 cm³/mol. The molecular formula is C15H22N2. The van der Waals surface area contributed by atoms with Crippen molar-refractivity contribution in [1.82, 2.24) is 5.32 Å². The minimum absolute atomic E-state index is 0.582. The van der Waals surface area contributed by atoms with Gasteiger partial charge in [-0.3, -0.25) is 0 Å². The van der Waals surface area contributed by atoms with E-state index in [9.17, 15) is 0 Å². The lowest BCUT2D eigenvalue weighted by molar-refractivity contribution is 0.454. The maximum absolute atomic E-state index is 3.62. The summed E-state index contributed by atoms with van der Waals surface area (Å²) in [5.74, 6) is 1.87. The van der Waals surface area contributed by atoms with E-state index in [0.29, 0.717) is 6.04 Å². The Morgan fingerprint density at radius 1 is 1.35 bits per heavy atom. The van der Waals surface area contributed by atoms with E-state index in [-0.39, 0.29) is 0 Å². The van der Waals surface area contributed by atoms with E-state index in [1.165, 1.54) is 37.1 Å². The summed E-state index contributed by atoms with van der Waals surface area (Å²) in [5, 5.41) is 7.21. The van der Waals surface area contributed by atoms with Gasteiger partial charge in [0.05, 0.1) is 0 Å². The number of hydrogen-bond acceptors (Lipinski definition) is 2. The average Bonchev–Trinajstić information content (AvgIpc) is 3.09. The maximum Gasteiger partial charge on any atom is 0.0427 e. The number of anilines is 1. The molecule has 0 bridgehead atoms. The van der Waals surface area contributed by atoms with Crippen LogP contribution in [0.1, 0.15) is 25.3 Å². The smallest absolute Gasteiger partial charge is 0.0427 e. The van der Waals surface area contributed by atoms with Crippen LogP contribution in [0.25, 0.3) is 0 Å². The monoisotopic (exact) mass is 230 g/mol. The third-order valence-corrected chi connectivity index (χ3v) is 4.13. The number of hydrogen-bond donors (Lipinski definition) is 2. The zero-order valence-corrected chi connectivity index (χ0v) is 10.6. The Morgan fingerprint density at radius 3 is 2.94 bits per heavy atom. The fourth-order valence-electron chi connectivity index (χ4n) is 2.82. The zero-order valence-electron chi connectivity index (χ0n) is 10.6. The molecule has 2 unspecified atom stereocenters. The lowest BCUT2D eigenvalue weighted by atomic mass is 10.1. The first-order chi connectivity index (χ1) is 8.33. The van der Waals surface area contributed by atoms with Gasteiger partial charge in [-0.2, -0.15) is 0 Å². The standard InChI is InChI=1S/C15H22N2/c1-11(12-6-7-12)9-16-10-14-8-13-4-2-3-5-15(13)17-14/h2-5,11-12,14,16-17H,6-10H2,1H3. The van der Waals surface area contributed by atoms with Gasteiger partial charge in [0.1, 0.15) is 0 Å². The van der Waals surface area contributed by atoms with E-state index >= 15 is 0 Å². The molecule has 1 fully saturated rings. The lowest BCUT2D eigenvalue weighted by Crippen LogP contribution is -2.34. The van der Waals surface area contributed by atoms with Gasteiger partial charge in [0, 0.05) is 18.3 Å². The molecule has 1 aromatic rings. The Labute approximate surface area is 104 Å². The summed E-state index contributed by atoms with van der Waals surface area (Å²) >= 11 is 0. The van der Waals surface area contributed by atoms with Crippen LogP contribution in [0.4, 0.5) is 5.69 Å². The van der Waals surface area contributed by atoms with E-state index in [4.69, 9.17) is 0 Å². The highest BCUT2D eigenvalue weighted by atomic mass is 15.0. The lowest BCUT2D eigenvalue weighted by Gasteiger charge is -2.15. The van der Waals surface area contributed by atoms with E-state index < -0.39 is 0 Å². The summed E-state index contributed by atoms with van der Waals surface area (Å²) in [4.78, 5) is 0. The molecule has 0 radical (unpaired) electrons. The van der Waals surface area contributed by atoms with Crippen molar-refractivity contribution in [3.05, 3.63) is 29.8 Å². The molecule has 92 valence electrons. The quantitative estimate of drug-likeness (QED) is 0.812. The second-order valence-electron chi connectivity index (χ2n) is 5.68. The predicted octanol–water partition coefficient (Wildman–Crippen LogP) is 2.66. The van der Waals surface area contributed by atoms with Crippen molar-refractivity contribution >= 4 is 5.69 Å². The SMILES string of the molecule is CC(CNCC1Cc2ccccc2N1)C1CC1. The zero-order chi connectivity index (χ0) is 11.7. The van der Waals surface area contributed by atoms with Crippen molar-refractivity contribution in [3.8, 4) is 0 Å². The number of fused-ring (bicyclic) bond motifs is 1. The highest BCUT2D eigenvalue weighted by molar-refractivity contribution is 5.56. The second-order valence-corrected chi connectivity index (χ2v) is 5.68. The van der Waals surface area contributed by atoms with Gasteiger partial charge in [0.25, 0.3) is 0 Å². The molecule has 1 saturated carbocycles. The summed E-state index contributed by atoms with van der Waals surface area (Å²) in [6.07, 6.45) is 4.08. The van der Waals surface area contributed by atoms with E-state index in [0.717, 1.165) is 18.4 Å². The molecule has 3 rings (SSSR count). The van der Waals surface area contributed by atoms with Crippen molar-refractivity contribution < 1.29 is 0 Å². The van der Waals surface area contributed by atoms with Crippen molar-refractivity contribution in [2.45, 2.75) is 32.2 Å². The molecule has 2 aliphatic rings. The molecule has 2 nitrogen and oxygen atoms in total. The summed E-state index contributed by atoms with van der Waals surface area (Å²) in [5.41, 5.74) is 2.80. The molecule has 1 heterocycles. The van der Waals surface area contributed by atoms with Gasteiger partial charge in [-0.05, 0) is 49.3 Å². The molecule has 2 atom stereocenters.